The Hall–Kier alpha value is -1.23. The molecular weight excluding hydrogens is 236 g/mol. The zero-order chi connectivity index (χ0) is 9.84. The van der Waals surface area contributed by atoms with E-state index in [4.69, 9.17) is 15.7 Å². The van der Waals surface area contributed by atoms with Crippen LogP contribution in [0.3, 0.4) is 0 Å². The number of amidine groups is 1. The number of hydrogen-bond acceptors (Lipinski definition) is 3. The van der Waals surface area contributed by atoms with E-state index in [0.717, 1.165) is 4.47 Å². The van der Waals surface area contributed by atoms with E-state index in [-0.39, 0.29) is 5.84 Å². The van der Waals surface area contributed by atoms with E-state index in [2.05, 4.69) is 21.1 Å². The van der Waals surface area contributed by atoms with Crippen LogP contribution in [-0.2, 0) is 0 Å². The molecule has 0 bridgehead atoms. The predicted octanol–water partition coefficient (Wildman–Crippen LogP) is 1.55. The summed E-state index contributed by atoms with van der Waals surface area (Å²) in [6.07, 6.45) is 0. The van der Waals surface area contributed by atoms with Crippen LogP contribution in [0.25, 0.3) is 0 Å². The van der Waals surface area contributed by atoms with Crippen molar-refractivity contribution in [3.05, 3.63) is 28.2 Å². The van der Waals surface area contributed by atoms with Gasteiger partial charge in [0.2, 0.25) is 0 Å². The molecule has 0 atom stereocenters. The van der Waals surface area contributed by atoms with Crippen molar-refractivity contribution in [3.63, 3.8) is 0 Å². The number of benzene rings is 1. The standard InChI is InChI=1S/C8H9BrN2O2/c1-13-7-3-5(8(10)11-12)2-6(9)4-7/h2-4,12H,1H3,(H2,10,11). The molecule has 0 aliphatic carbocycles. The van der Waals surface area contributed by atoms with Crippen molar-refractivity contribution in [1.82, 2.24) is 0 Å². The van der Waals surface area contributed by atoms with Gasteiger partial charge in [-0.2, -0.15) is 0 Å². The number of hydrogen-bond donors (Lipinski definition) is 2. The second-order valence-corrected chi connectivity index (χ2v) is 3.28. The minimum atomic E-state index is 0.0552. The molecule has 1 aromatic rings. The Morgan fingerprint density at radius 2 is 2.23 bits per heavy atom. The summed E-state index contributed by atoms with van der Waals surface area (Å²) in [5.41, 5.74) is 6.02. The van der Waals surface area contributed by atoms with Crippen LogP contribution in [0.2, 0.25) is 0 Å². The number of ether oxygens (including phenoxy) is 1. The third-order valence-electron chi connectivity index (χ3n) is 1.51. The Labute approximate surface area is 84.1 Å². The third kappa shape index (κ3) is 2.35. The van der Waals surface area contributed by atoms with Crippen LogP contribution < -0.4 is 10.5 Å². The summed E-state index contributed by atoms with van der Waals surface area (Å²) >= 11 is 3.28. The molecule has 0 heterocycles. The van der Waals surface area contributed by atoms with Gasteiger partial charge < -0.3 is 15.7 Å². The molecule has 0 radical (unpaired) electrons. The SMILES string of the molecule is COc1cc(Br)cc(C(N)=NO)c1. The molecule has 0 amide bonds. The maximum Gasteiger partial charge on any atom is 0.170 e. The Morgan fingerprint density at radius 1 is 1.54 bits per heavy atom. The monoisotopic (exact) mass is 244 g/mol. The molecule has 0 aliphatic heterocycles. The molecule has 0 aliphatic rings. The first-order chi connectivity index (χ1) is 6.17. The second-order valence-electron chi connectivity index (χ2n) is 2.36. The molecular formula is C8H9BrN2O2. The van der Waals surface area contributed by atoms with Gasteiger partial charge in [-0.25, -0.2) is 0 Å². The van der Waals surface area contributed by atoms with Gasteiger partial charge >= 0.3 is 0 Å². The van der Waals surface area contributed by atoms with Gasteiger partial charge in [-0.05, 0) is 18.2 Å². The minimum absolute atomic E-state index is 0.0552. The van der Waals surface area contributed by atoms with Gasteiger partial charge in [-0.15, -0.1) is 0 Å². The largest absolute Gasteiger partial charge is 0.497 e. The first-order valence-electron chi connectivity index (χ1n) is 3.50. The molecule has 0 unspecified atom stereocenters. The maximum atomic E-state index is 8.45. The van der Waals surface area contributed by atoms with Gasteiger partial charge in [-0.1, -0.05) is 21.1 Å². The second kappa shape index (κ2) is 4.13. The quantitative estimate of drug-likeness (QED) is 0.359. The Kier molecular flexibility index (Phi) is 3.13. The Bertz CT molecular complexity index is 339. The van der Waals surface area contributed by atoms with Gasteiger partial charge in [0.05, 0.1) is 7.11 Å². The van der Waals surface area contributed by atoms with E-state index in [1.165, 1.54) is 0 Å². The van der Waals surface area contributed by atoms with Crippen LogP contribution in [0.4, 0.5) is 0 Å². The molecule has 70 valence electrons. The molecule has 0 saturated carbocycles. The molecule has 13 heavy (non-hydrogen) atoms. The van der Waals surface area contributed by atoms with Crippen LogP contribution in [0.1, 0.15) is 5.56 Å². The fourth-order valence-corrected chi connectivity index (χ4v) is 1.36. The number of halogens is 1. The van der Waals surface area contributed by atoms with Gasteiger partial charge in [0.15, 0.2) is 5.84 Å². The highest BCUT2D eigenvalue weighted by Gasteiger charge is 2.03. The summed E-state index contributed by atoms with van der Waals surface area (Å²) in [6, 6.07) is 5.20. The average Bonchev–Trinajstić information content (AvgIpc) is 2.15. The van der Waals surface area contributed by atoms with Crippen LogP contribution in [0.15, 0.2) is 27.8 Å². The lowest BCUT2D eigenvalue weighted by molar-refractivity contribution is 0.318. The molecule has 0 spiro atoms. The Morgan fingerprint density at radius 3 is 2.77 bits per heavy atom. The summed E-state index contributed by atoms with van der Waals surface area (Å²) < 4.78 is 5.82. The highest BCUT2D eigenvalue weighted by molar-refractivity contribution is 9.10. The van der Waals surface area contributed by atoms with Crippen LogP contribution in [-0.4, -0.2) is 18.2 Å². The first kappa shape index (κ1) is 9.85. The van der Waals surface area contributed by atoms with Crippen molar-refractivity contribution >= 4 is 21.8 Å². The minimum Gasteiger partial charge on any atom is -0.497 e. The Balaban J connectivity index is 3.16. The topological polar surface area (TPSA) is 67.8 Å². The summed E-state index contributed by atoms with van der Waals surface area (Å²) in [4.78, 5) is 0. The molecule has 1 rings (SSSR count). The summed E-state index contributed by atoms with van der Waals surface area (Å²) in [5, 5.41) is 11.3. The first-order valence-corrected chi connectivity index (χ1v) is 4.29. The lowest BCUT2D eigenvalue weighted by atomic mass is 10.2. The fraction of sp³-hybridized carbons (Fsp3) is 0.125. The number of methoxy groups -OCH3 is 1. The number of oxime groups is 1. The van der Waals surface area contributed by atoms with Crippen molar-refractivity contribution in [2.45, 2.75) is 0 Å². The van der Waals surface area contributed by atoms with Crippen molar-refractivity contribution < 1.29 is 9.94 Å². The van der Waals surface area contributed by atoms with Crippen molar-refractivity contribution in [2.75, 3.05) is 7.11 Å². The molecule has 0 saturated heterocycles. The molecule has 4 nitrogen and oxygen atoms in total. The van der Waals surface area contributed by atoms with E-state index in [0.29, 0.717) is 11.3 Å². The molecule has 0 aromatic heterocycles. The summed E-state index contributed by atoms with van der Waals surface area (Å²) in [6.45, 7) is 0. The lowest BCUT2D eigenvalue weighted by Gasteiger charge is -2.03. The van der Waals surface area contributed by atoms with E-state index in [9.17, 15) is 0 Å². The predicted molar refractivity (Wildman–Crippen MR) is 53.2 cm³/mol. The zero-order valence-electron chi connectivity index (χ0n) is 6.99. The number of nitrogens with zero attached hydrogens (tertiary/aromatic N) is 1. The van der Waals surface area contributed by atoms with Gasteiger partial charge in [-0.3, -0.25) is 0 Å². The van der Waals surface area contributed by atoms with Gasteiger partial charge in [0.1, 0.15) is 5.75 Å². The summed E-state index contributed by atoms with van der Waals surface area (Å²) in [5.74, 6) is 0.704. The fourth-order valence-electron chi connectivity index (χ4n) is 0.886. The molecule has 0 fully saturated rings. The van der Waals surface area contributed by atoms with E-state index in [1.807, 2.05) is 0 Å². The average molecular weight is 245 g/mol. The number of nitrogens with two attached hydrogens (primary N) is 1. The van der Waals surface area contributed by atoms with Gasteiger partial charge in [0.25, 0.3) is 0 Å². The van der Waals surface area contributed by atoms with E-state index < -0.39 is 0 Å². The van der Waals surface area contributed by atoms with Gasteiger partial charge in [0, 0.05) is 10.0 Å². The van der Waals surface area contributed by atoms with Crippen molar-refractivity contribution in [2.24, 2.45) is 10.9 Å². The normalized spacial score (nSPS) is 11.4. The maximum absolute atomic E-state index is 8.45. The van der Waals surface area contributed by atoms with Crippen LogP contribution >= 0.6 is 15.9 Å². The number of rotatable bonds is 2. The van der Waals surface area contributed by atoms with E-state index >= 15 is 0 Å². The van der Waals surface area contributed by atoms with E-state index in [1.54, 1.807) is 25.3 Å². The highest BCUT2D eigenvalue weighted by Crippen LogP contribution is 2.20. The third-order valence-corrected chi connectivity index (χ3v) is 1.97. The molecule has 1 aromatic carbocycles. The highest BCUT2D eigenvalue weighted by atomic mass is 79.9. The van der Waals surface area contributed by atoms with Crippen LogP contribution in [0, 0.1) is 0 Å². The van der Waals surface area contributed by atoms with Crippen LogP contribution in [0.5, 0.6) is 5.75 Å². The van der Waals surface area contributed by atoms with Crippen molar-refractivity contribution in [3.8, 4) is 5.75 Å². The molecule has 3 N–H and O–H groups in total. The smallest absolute Gasteiger partial charge is 0.170 e. The van der Waals surface area contributed by atoms with Crippen molar-refractivity contribution in [1.29, 1.82) is 0 Å². The summed E-state index contributed by atoms with van der Waals surface area (Å²) in [7, 11) is 1.55. The molecule has 5 heteroatoms. The lowest BCUT2D eigenvalue weighted by Crippen LogP contribution is -2.13. The zero-order valence-corrected chi connectivity index (χ0v) is 8.58.